The lowest BCUT2D eigenvalue weighted by Crippen LogP contribution is -2.24. The molecule has 1 aromatic heterocycles. The highest BCUT2D eigenvalue weighted by molar-refractivity contribution is 7.13. The highest BCUT2D eigenvalue weighted by Gasteiger charge is 2.08. The predicted octanol–water partition coefficient (Wildman–Crippen LogP) is 4.06. The van der Waals surface area contributed by atoms with Crippen molar-refractivity contribution >= 4 is 17.2 Å². The third kappa shape index (κ3) is 5.67. The van der Waals surface area contributed by atoms with Gasteiger partial charge in [-0.25, -0.2) is 4.98 Å². The minimum absolute atomic E-state index is 0.108. The van der Waals surface area contributed by atoms with Crippen LogP contribution in [0.3, 0.4) is 0 Å². The number of amides is 1. The molecule has 2 rings (SSSR count). The fourth-order valence-corrected chi connectivity index (χ4v) is 3.09. The molecule has 0 fully saturated rings. The minimum Gasteiger partial charge on any atom is -0.497 e. The van der Waals surface area contributed by atoms with Crippen molar-refractivity contribution in [2.24, 2.45) is 0 Å². The Morgan fingerprint density at radius 2 is 2.22 bits per heavy atom. The molecule has 0 radical (unpaired) electrons. The van der Waals surface area contributed by atoms with E-state index in [4.69, 9.17) is 4.74 Å². The maximum absolute atomic E-state index is 11.8. The molecule has 1 N–H and O–H groups in total. The third-order valence-electron chi connectivity index (χ3n) is 3.58. The Bertz CT molecular complexity index is 625. The van der Waals surface area contributed by atoms with Gasteiger partial charge in [0.15, 0.2) is 0 Å². The molecule has 2 aromatic rings. The Hall–Kier alpha value is -1.88. The van der Waals surface area contributed by atoms with Gasteiger partial charge in [-0.15, -0.1) is 11.3 Å². The summed E-state index contributed by atoms with van der Waals surface area (Å²) in [6.07, 6.45) is 4.56. The Morgan fingerprint density at radius 3 is 3.00 bits per heavy atom. The molecule has 124 valence electrons. The van der Waals surface area contributed by atoms with E-state index < -0.39 is 0 Å². The molecule has 0 atom stereocenters. The van der Waals surface area contributed by atoms with E-state index in [1.54, 1.807) is 18.4 Å². The number of hydrogen-bond acceptors (Lipinski definition) is 4. The number of unbranched alkanes of at least 4 members (excludes halogenated alkanes) is 2. The van der Waals surface area contributed by atoms with Gasteiger partial charge in [-0.1, -0.05) is 31.9 Å². The van der Waals surface area contributed by atoms with Gasteiger partial charge in [0.05, 0.1) is 12.8 Å². The van der Waals surface area contributed by atoms with Crippen LogP contribution in [0.5, 0.6) is 5.75 Å². The predicted molar refractivity (Wildman–Crippen MR) is 95.0 cm³/mol. The molecule has 1 aromatic carbocycles. The largest absolute Gasteiger partial charge is 0.497 e. The lowest BCUT2D eigenvalue weighted by Gasteiger charge is -2.03. The number of aromatic nitrogens is 1. The van der Waals surface area contributed by atoms with Crippen molar-refractivity contribution in [1.29, 1.82) is 0 Å². The van der Waals surface area contributed by atoms with E-state index in [1.807, 2.05) is 29.6 Å². The molecule has 5 heteroatoms. The van der Waals surface area contributed by atoms with Gasteiger partial charge in [0, 0.05) is 23.9 Å². The summed E-state index contributed by atoms with van der Waals surface area (Å²) < 4.78 is 5.24. The number of benzene rings is 1. The lowest BCUT2D eigenvalue weighted by molar-refractivity contribution is -0.121. The van der Waals surface area contributed by atoms with E-state index in [-0.39, 0.29) is 5.91 Å². The Morgan fingerprint density at radius 1 is 1.35 bits per heavy atom. The summed E-state index contributed by atoms with van der Waals surface area (Å²) in [5.74, 6) is 0.933. The number of carbonyl (C=O) groups excluding carboxylic acids is 1. The lowest BCUT2D eigenvalue weighted by atomic mass is 10.2. The smallest absolute Gasteiger partial charge is 0.220 e. The highest BCUT2D eigenvalue weighted by Crippen LogP contribution is 2.27. The first-order valence-electron chi connectivity index (χ1n) is 8.08. The van der Waals surface area contributed by atoms with Crippen LogP contribution in [0, 0.1) is 0 Å². The first kappa shape index (κ1) is 17.5. The summed E-state index contributed by atoms with van der Waals surface area (Å²) in [6, 6.07) is 7.87. The van der Waals surface area contributed by atoms with Crippen molar-refractivity contribution in [3.8, 4) is 16.3 Å². The quantitative estimate of drug-likeness (QED) is 0.705. The Balaban J connectivity index is 1.83. The molecule has 0 bridgehead atoms. The molecule has 0 spiro atoms. The number of methoxy groups -OCH3 is 1. The number of hydrogen-bond donors (Lipinski definition) is 1. The average Bonchev–Trinajstić information content (AvgIpc) is 3.06. The zero-order valence-corrected chi connectivity index (χ0v) is 14.6. The molecule has 1 heterocycles. The molecule has 0 aliphatic carbocycles. The summed E-state index contributed by atoms with van der Waals surface area (Å²) in [7, 11) is 1.66. The summed E-state index contributed by atoms with van der Waals surface area (Å²) in [5, 5.41) is 5.95. The van der Waals surface area contributed by atoms with Crippen molar-refractivity contribution in [2.45, 2.75) is 39.0 Å². The van der Waals surface area contributed by atoms with Gasteiger partial charge in [-0.3, -0.25) is 4.79 Å². The van der Waals surface area contributed by atoms with Crippen LogP contribution in [-0.2, 0) is 11.2 Å². The van der Waals surface area contributed by atoms with Crippen LogP contribution in [0.2, 0.25) is 0 Å². The number of aryl methyl sites for hydroxylation is 1. The summed E-state index contributed by atoms with van der Waals surface area (Å²) in [5.41, 5.74) is 2.01. The average molecular weight is 332 g/mol. The Kier molecular flexibility index (Phi) is 7.07. The molecule has 4 nitrogen and oxygen atoms in total. The van der Waals surface area contributed by atoms with E-state index in [9.17, 15) is 4.79 Å². The van der Waals surface area contributed by atoms with E-state index in [1.165, 1.54) is 6.42 Å². The van der Waals surface area contributed by atoms with Crippen LogP contribution in [0.25, 0.3) is 10.6 Å². The number of nitrogens with zero attached hydrogens (tertiary/aromatic N) is 1. The molecule has 23 heavy (non-hydrogen) atoms. The minimum atomic E-state index is 0.108. The van der Waals surface area contributed by atoms with Crippen LogP contribution in [-0.4, -0.2) is 24.5 Å². The molecule has 1 amide bonds. The molecule has 0 saturated carbocycles. The van der Waals surface area contributed by atoms with Gasteiger partial charge in [0.2, 0.25) is 5.91 Å². The van der Waals surface area contributed by atoms with Crippen LogP contribution >= 0.6 is 11.3 Å². The van der Waals surface area contributed by atoms with Gasteiger partial charge < -0.3 is 10.1 Å². The van der Waals surface area contributed by atoms with Gasteiger partial charge >= 0.3 is 0 Å². The van der Waals surface area contributed by atoms with Crippen LogP contribution in [0.4, 0.5) is 0 Å². The molecule has 0 aliphatic heterocycles. The number of thiazole rings is 1. The summed E-state index contributed by atoms with van der Waals surface area (Å²) in [6.45, 7) is 2.93. The first-order chi connectivity index (χ1) is 11.2. The summed E-state index contributed by atoms with van der Waals surface area (Å²) >= 11 is 1.60. The van der Waals surface area contributed by atoms with Gasteiger partial charge in [-0.2, -0.15) is 0 Å². The molecular weight excluding hydrogens is 308 g/mol. The van der Waals surface area contributed by atoms with Crippen LogP contribution in [0.1, 0.15) is 38.3 Å². The number of rotatable bonds is 9. The van der Waals surface area contributed by atoms with Crippen molar-refractivity contribution in [1.82, 2.24) is 10.3 Å². The van der Waals surface area contributed by atoms with Crippen LogP contribution in [0.15, 0.2) is 29.6 Å². The second-order valence-corrected chi connectivity index (χ2v) is 6.29. The van der Waals surface area contributed by atoms with E-state index in [0.717, 1.165) is 41.4 Å². The van der Waals surface area contributed by atoms with Gasteiger partial charge in [0.1, 0.15) is 10.8 Å². The SMILES string of the molecule is CCCCCNC(=O)CCc1csc(-c2cccc(OC)c2)n1. The maximum Gasteiger partial charge on any atom is 0.220 e. The molecular formula is C18H24N2O2S. The first-order valence-corrected chi connectivity index (χ1v) is 8.96. The van der Waals surface area contributed by atoms with E-state index in [2.05, 4.69) is 17.2 Å². The van der Waals surface area contributed by atoms with Crippen molar-refractivity contribution in [2.75, 3.05) is 13.7 Å². The molecule has 0 saturated heterocycles. The zero-order valence-electron chi connectivity index (χ0n) is 13.8. The summed E-state index contributed by atoms with van der Waals surface area (Å²) in [4.78, 5) is 16.4. The fraction of sp³-hybridized carbons (Fsp3) is 0.444. The van der Waals surface area contributed by atoms with E-state index >= 15 is 0 Å². The van der Waals surface area contributed by atoms with Crippen molar-refractivity contribution in [3.63, 3.8) is 0 Å². The normalized spacial score (nSPS) is 10.5. The van der Waals surface area contributed by atoms with E-state index in [0.29, 0.717) is 12.8 Å². The standard InChI is InChI=1S/C18H24N2O2S/c1-3-4-5-11-19-17(21)10-9-15-13-23-18(20-15)14-7-6-8-16(12-14)22-2/h6-8,12-13H,3-5,9-11H2,1-2H3,(H,19,21). The second kappa shape index (κ2) is 9.30. The maximum atomic E-state index is 11.8. The molecule has 0 aliphatic rings. The number of nitrogens with one attached hydrogen (secondary N) is 1. The second-order valence-electron chi connectivity index (χ2n) is 5.43. The van der Waals surface area contributed by atoms with Crippen molar-refractivity contribution in [3.05, 3.63) is 35.3 Å². The molecule has 0 unspecified atom stereocenters. The third-order valence-corrected chi connectivity index (χ3v) is 4.52. The number of carbonyl (C=O) groups is 1. The van der Waals surface area contributed by atoms with Gasteiger partial charge in [0.25, 0.3) is 0 Å². The number of ether oxygens (including phenoxy) is 1. The zero-order chi connectivity index (χ0) is 16.5. The Labute approximate surface area is 141 Å². The topological polar surface area (TPSA) is 51.2 Å². The van der Waals surface area contributed by atoms with Gasteiger partial charge in [-0.05, 0) is 25.0 Å². The van der Waals surface area contributed by atoms with Crippen molar-refractivity contribution < 1.29 is 9.53 Å². The fourth-order valence-electron chi connectivity index (χ4n) is 2.24. The monoisotopic (exact) mass is 332 g/mol. The van der Waals surface area contributed by atoms with Crippen LogP contribution < -0.4 is 10.1 Å². The highest BCUT2D eigenvalue weighted by atomic mass is 32.1.